The summed E-state index contributed by atoms with van der Waals surface area (Å²) in [5.41, 5.74) is 0.565. The van der Waals surface area contributed by atoms with E-state index < -0.39 is 0 Å². The second-order valence-corrected chi connectivity index (χ2v) is 5.56. The van der Waals surface area contributed by atoms with Crippen LogP contribution in [0.3, 0.4) is 0 Å². The predicted molar refractivity (Wildman–Crippen MR) is 75.4 cm³/mol. The maximum absolute atomic E-state index is 13.6. The van der Waals surface area contributed by atoms with Crippen LogP contribution in [0, 0.1) is 5.82 Å². The van der Waals surface area contributed by atoms with Gasteiger partial charge in [0.1, 0.15) is 5.82 Å². The Morgan fingerprint density at radius 2 is 2.21 bits per heavy atom. The van der Waals surface area contributed by atoms with E-state index in [2.05, 4.69) is 35.6 Å². The van der Waals surface area contributed by atoms with Crippen molar-refractivity contribution in [1.29, 1.82) is 0 Å². The number of nitrogens with zero attached hydrogens (tertiary/aromatic N) is 3. The van der Waals surface area contributed by atoms with Gasteiger partial charge in [-0.1, -0.05) is 6.92 Å². The molecule has 0 radical (unpaired) electrons. The lowest BCUT2D eigenvalue weighted by Crippen LogP contribution is -2.54. The van der Waals surface area contributed by atoms with Gasteiger partial charge in [-0.05, 0) is 32.4 Å². The van der Waals surface area contributed by atoms with E-state index >= 15 is 0 Å². The zero-order valence-electron chi connectivity index (χ0n) is 12.1. The van der Waals surface area contributed by atoms with Crippen molar-refractivity contribution in [2.45, 2.75) is 45.8 Å². The second kappa shape index (κ2) is 6.44. The fourth-order valence-electron chi connectivity index (χ4n) is 2.87. The van der Waals surface area contributed by atoms with Gasteiger partial charge in [-0.3, -0.25) is 14.8 Å². The Morgan fingerprint density at radius 1 is 1.42 bits per heavy atom. The van der Waals surface area contributed by atoms with Gasteiger partial charge in [0.05, 0.1) is 5.69 Å². The van der Waals surface area contributed by atoms with Crippen molar-refractivity contribution in [3.05, 3.63) is 29.8 Å². The van der Waals surface area contributed by atoms with E-state index in [1.807, 2.05) is 0 Å². The summed E-state index contributed by atoms with van der Waals surface area (Å²) in [5, 5.41) is 0. The van der Waals surface area contributed by atoms with Crippen LogP contribution >= 0.6 is 0 Å². The molecule has 0 saturated carbocycles. The smallest absolute Gasteiger partial charge is 0.146 e. The Labute approximate surface area is 115 Å². The minimum absolute atomic E-state index is 0.193. The number of hydrogen-bond donors (Lipinski definition) is 0. The van der Waals surface area contributed by atoms with Crippen LogP contribution in [-0.4, -0.2) is 46.5 Å². The first kappa shape index (κ1) is 14.4. The first-order chi connectivity index (χ1) is 9.11. The molecule has 19 heavy (non-hydrogen) atoms. The molecule has 0 aromatic carbocycles. The monoisotopic (exact) mass is 265 g/mol. The van der Waals surface area contributed by atoms with Crippen molar-refractivity contribution >= 4 is 0 Å². The van der Waals surface area contributed by atoms with Crippen LogP contribution in [0.15, 0.2) is 18.3 Å². The van der Waals surface area contributed by atoms with Crippen molar-refractivity contribution in [3.63, 3.8) is 0 Å². The Morgan fingerprint density at radius 3 is 2.84 bits per heavy atom. The minimum atomic E-state index is -0.193. The van der Waals surface area contributed by atoms with Crippen molar-refractivity contribution in [1.82, 2.24) is 14.8 Å². The summed E-state index contributed by atoms with van der Waals surface area (Å²) in [4.78, 5) is 9.01. The first-order valence-electron chi connectivity index (χ1n) is 7.19. The molecule has 0 aliphatic carbocycles. The predicted octanol–water partition coefficient (Wildman–Crippen LogP) is 2.53. The summed E-state index contributed by atoms with van der Waals surface area (Å²) < 4.78 is 13.6. The molecule has 1 aromatic rings. The summed E-state index contributed by atoms with van der Waals surface area (Å²) in [6.45, 7) is 10.4. The highest BCUT2D eigenvalue weighted by molar-refractivity contribution is 5.07. The zero-order valence-corrected chi connectivity index (χ0v) is 12.1. The molecular weight excluding hydrogens is 241 g/mol. The average molecular weight is 265 g/mol. The van der Waals surface area contributed by atoms with Crippen LogP contribution in [-0.2, 0) is 6.54 Å². The van der Waals surface area contributed by atoms with Gasteiger partial charge in [0.25, 0.3) is 0 Å². The molecule has 0 N–H and O–H groups in total. The van der Waals surface area contributed by atoms with Gasteiger partial charge in [-0.2, -0.15) is 0 Å². The number of halogens is 1. The van der Waals surface area contributed by atoms with E-state index in [4.69, 9.17) is 0 Å². The molecule has 0 spiro atoms. The number of pyridine rings is 1. The normalized spacial score (nSPS) is 22.1. The Bertz CT molecular complexity index is 408. The molecule has 106 valence electrons. The molecule has 2 rings (SSSR count). The van der Waals surface area contributed by atoms with Crippen LogP contribution in [0.1, 0.15) is 32.9 Å². The third-order valence-corrected chi connectivity index (χ3v) is 3.95. The standard InChI is InChI=1S/C15H24FN3/c1-4-13-10-18(8-9-19(13)12(2)3)11-15-14(16)6-5-7-17-15/h5-7,12-13H,4,8-11H2,1-3H3/t13-/m1/s1. The third kappa shape index (κ3) is 3.51. The fourth-order valence-corrected chi connectivity index (χ4v) is 2.87. The summed E-state index contributed by atoms with van der Waals surface area (Å²) in [7, 11) is 0. The van der Waals surface area contributed by atoms with E-state index in [1.54, 1.807) is 12.3 Å². The highest BCUT2D eigenvalue weighted by Crippen LogP contribution is 2.18. The van der Waals surface area contributed by atoms with E-state index in [0.29, 0.717) is 24.3 Å². The Kier molecular flexibility index (Phi) is 4.88. The van der Waals surface area contributed by atoms with Crippen molar-refractivity contribution in [2.75, 3.05) is 19.6 Å². The number of hydrogen-bond acceptors (Lipinski definition) is 3. The summed E-state index contributed by atoms with van der Waals surface area (Å²) in [5.74, 6) is -0.193. The maximum atomic E-state index is 13.6. The van der Waals surface area contributed by atoms with Gasteiger partial charge in [-0.25, -0.2) is 4.39 Å². The number of piperazine rings is 1. The summed E-state index contributed by atoms with van der Waals surface area (Å²) in [6, 6.07) is 4.29. The molecule has 1 fully saturated rings. The molecule has 3 nitrogen and oxygen atoms in total. The number of rotatable bonds is 4. The van der Waals surface area contributed by atoms with Crippen molar-refractivity contribution in [3.8, 4) is 0 Å². The van der Waals surface area contributed by atoms with E-state index in [-0.39, 0.29) is 5.82 Å². The van der Waals surface area contributed by atoms with Crippen LogP contribution in [0.4, 0.5) is 4.39 Å². The molecule has 4 heteroatoms. The topological polar surface area (TPSA) is 19.4 Å². The lowest BCUT2D eigenvalue weighted by atomic mass is 10.1. The van der Waals surface area contributed by atoms with Crippen molar-refractivity contribution in [2.24, 2.45) is 0 Å². The van der Waals surface area contributed by atoms with Gasteiger partial charge in [0.15, 0.2) is 0 Å². The zero-order chi connectivity index (χ0) is 13.8. The quantitative estimate of drug-likeness (QED) is 0.834. The summed E-state index contributed by atoms with van der Waals surface area (Å²) in [6.07, 6.45) is 2.81. The molecule has 1 aromatic heterocycles. The average Bonchev–Trinajstić information content (AvgIpc) is 2.41. The molecule has 1 aliphatic heterocycles. The van der Waals surface area contributed by atoms with Crippen molar-refractivity contribution < 1.29 is 4.39 Å². The molecular formula is C15H24FN3. The lowest BCUT2D eigenvalue weighted by molar-refractivity contribution is 0.0445. The minimum Gasteiger partial charge on any atom is -0.295 e. The van der Waals surface area contributed by atoms with E-state index in [0.717, 1.165) is 26.1 Å². The lowest BCUT2D eigenvalue weighted by Gasteiger charge is -2.43. The third-order valence-electron chi connectivity index (χ3n) is 3.95. The second-order valence-electron chi connectivity index (χ2n) is 5.56. The highest BCUT2D eigenvalue weighted by Gasteiger charge is 2.27. The van der Waals surface area contributed by atoms with Gasteiger partial charge < -0.3 is 0 Å². The van der Waals surface area contributed by atoms with E-state index in [9.17, 15) is 4.39 Å². The van der Waals surface area contributed by atoms with E-state index in [1.165, 1.54) is 6.07 Å². The molecule has 1 atom stereocenters. The van der Waals surface area contributed by atoms with Crippen LogP contribution in [0.25, 0.3) is 0 Å². The number of aromatic nitrogens is 1. The molecule has 0 bridgehead atoms. The molecule has 0 unspecified atom stereocenters. The van der Waals surface area contributed by atoms with Gasteiger partial charge in [-0.15, -0.1) is 0 Å². The molecule has 0 amide bonds. The largest absolute Gasteiger partial charge is 0.295 e. The van der Waals surface area contributed by atoms with Crippen LogP contribution < -0.4 is 0 Å². The molecule has 2 heterocycles. The fraction of sp³-hybridized carbons (Fsp3) is 0.667. The van der Waals surface area contributed by atoms with Gasteiger partial charge >= 0.3 is 0 Å². The van der Waals surface area contributed by atoms with Crippen LogP contribution in [0.2, 0.25) is 0 Å². The molecule has 1 saturated heterocycles. The van der Waals surface area contributed by atoms with Crippen LogP contribution in [0.5, 0.6) is 0 Å². The summed E-state index contributed by atoms with van der Waals surface area (Å²) >= 11 is 0. The van der Waals surface area contributed by atoms with Gasteiger partial charge in [0, 0.05) is 44.5 Å². The Hall–Kier alpha value is -1.00. The molecule has 1 aliphatic rings. The first-order valence-corrected chi connectivity index (χ1v) is 7.19. The Balaban J connectivity index is 1.99. The maximum Gasteiger partial charge on any atom is 0.146 e. The van der Waals surface area contributed by atoms with Gasteiger partial charge in [0.2, 0.25) is 0 Å². The highest BCUT2D eigenvalue weighted by atomic mass is 19.1. The SMILES string of the molecule is CC[C@@H]1CN(Cc2ncccc2F)CCN1C(C)C.